The van der Waals surface area contributed by atoms with Gasteiger partial charge in [0.25, 0.3) is 5.91 Å². The number of nitrogens with one attached hydrogen (secondary N) is 2. The predicted molar refractivity (Wildman–Crippen MR) is 48.1 cm³/mol. The quantitative estimate of drug-likeness (QED) is 0.505. The standard InChI is InChI=1S/C7H11N5O2/c1-4-5(3-12(2)11-4)6(13)9-10-7(8)14/h3H,1-2H3,(H,9,13)(H3,8,10,14). The van der Waals surface area contributed by atoms with Gasteiger partial charge < -0.3 is 5.73 Å². The molecule has 1 rings (SSSR count). The summed E-state index contributed by atoms with van der Waals surface area (Å²) >= 11 is 0. The summed E-state index contributed by atoms with van der Waals surface area (Å²) < 4.78 is 1.51. The number of nitrogens with zero attached hydrogens (tertiary/aromatic N) is 2. The highest BCUT2D eigenvalue weighted by atomic mass is 16.2. The van der Waals surface area contributed by atoms with Crippen LogP contribution in [0.5, 0.6) is 0 Å². The Balaban J connectivity index is 2.69. The number of amides is 3. The van der Waals surface area contributed by atoms with Crippen LogP contribution in [0, 0.1) is 6.92 Å². The molecular weight excluding hydrogens is 186 g/mol. The second kappa shape index (κ2) is 3.77. The molecule has 1 heterocycles. The molecule has 0 unspecified atom stereocenters. The number of primary amides is 1. The summed E-state index contributed by atoms with van der Waals surface area (Å²) in [6.45, 7) is 1.69. The van der Waals surface area contributed by atoms with Crippen LogP contribution in [0.2, 0.25) is 0 Å². The van der Waals surface area contributed by atoms with Gasteiger partial charge in [0.1, 0.15) is 0 Å². The number of nitrogens with two attached hydrogens (primary N) is 1. The van der Waals surface area contributed by atoms with E-state index in [1.165, 1.54) is 4.68 Å². The Morgan fingerprint density at radius 2 is 2.14 bits per heavy atom. The van der Waals surface area contributed by atoms with Crippen LogP contribution in [0.1, 0.15) is 16.1 Å². The summed E-state index contributed by atoms with van der Waals surface area (Å²) in [7, 11) is 1.70. The maximum atomic E-state index is 11.3. The van der Waals surface area contributed by atoms with Crippen molar-refractivity contribution in [1.82, 2.24) is 20.6 Å². The van der Waals surface area contributed by atoms with E-state index in [1.807, 2.05) is 5.43 Å². The van der Waals surface area contributed by atoms with Gasteiger partial charge in [0.2, 0.25) is 0 Å². The summed E-state index contributed by atoms with van der Waals surface area (Å²) in [6.07, 6.45) is 1.55. The Bertz CT molecular complexity index is 370. The summed E-state index contributed by atoms with van der Waals surface area (Å²) in [5.41, 5.74) is 9.86. The molecule has 14 heavy (non-hydrogen) atoms. The topological polar surface area (TPSA) is 102 Å². The molecule has 4 N–H and O–H groups in total. The fourth-order valence-electron chi connectivity index (χ4n) is 1.01. The highest BCUT2D eigenvalue weighted by molar-refractivity contribution is 5.95. The molecule has 7 nitrogen and oxygen atoms in total. The third-order valence-corrected chi connectivity index (χ3v) is 1.56. The molecule has 1 aromatic rings. The van der Waals surface area contributed by atoms with Crippen molar-refractivity contribution in [3.63, 3.8) is 0 Å². The molecule has 0 bridgehead atoms. The van der Waals surface area contributed by atoms with E-state index >= 15 is 0 Å². The smallest absolute Gasteiger partial charge is 0.330 e. The zero-order chi connectivity index (χ0) is 10.7. The van der Waals surface area contributed by atoms with E-state index in [9.17, 15) is 9.59 Å². The normalized spacial score (nSPS) is 9.57. The Morgan fingerprint density at radius 1 is 1.50 bits per heavy atom. The van der Waals surface area contributed by atoms with Gasteiger partial charge >= 0.3 is 6.03 Å². The van der Waals surface area contributed by atoms with Crippen LogP contribution >= 0.6 is 0 Å². The van der Waals surface area contributed by atoms with Crippen molar-refractivity contribution in [2.75, 3.05) is 0 Å². The minimum Gasteiger partial charge on any atom is -0.350 e. The molecule has 0 saturated carbocycles. The molecule has 76 valence electrons. The van der Waals surface area contributed by atoms with Gasteiger partial charge in [0.15, 0.2) is 0 Å². The average Bonchev–Trinajstić information content (AvgIpc) is 2.41. The second-order valence-electron chi connectivity index (χ2n) is 2.75. The zero-order valence-electron chi connectivity index (χ0n) is 7.87. The van der Waals surface area contributed by atoms with Gasteiger partial charge in [-0.1, -0.05) is 0 Å². The molecule has 0 aliphatic rings. The van der Waals surface area contributed by atoms with E-state index in [0.29, 0.717) is 11.3 Å². The number of hydrazine groups is 1. The first-order valence-corrected chi connectivity index (χ1v) is 3.86. The zero-order valence-corrected chi connectivity index (χ0v) is 7.87. The molecule has 0 saturated heterocycles. The number of hydrogen-bond acceptors (Lipinski definition) is 3. The van der Waals surface area contributed by atoms with Crippen molar-refractivity contribution in [3.05, 3.63) is 17.5 Å². The highest BCUT2D eigenvalue weighted by Crippen LogP contribution is 2.03. The molecule has 0 fully saturated rings. The molecule has 1 aromatic heterocycles. The van der Waals surface area contributed by atoms with Gasteiger partial charge in [-0.15, -0.1) is 0 Å². The lowest BCUT2D eigenvalue weighted by molar-refractivity contribution is 0.0936. The summed E-state index contributed by atoms with van der Waals surface area (Å²) in [5.74, 6) is -0.450. The Labute approximate surface area is 80.2 Å². The number of carbonyl (C=O) groups excluding carboxylic acids is 2. The van der Waals surface area contributed by atoms with Crippen LogP contribution in [0.4, 0.5) is 4.79 Å². The van der Waals surface area contributed by atoms with E-state index in [4.69, 9.17) is 5.73 Å². The second-order valence-corrected chi connectivity index (χ2v) is 2.75. The van der Waals surface area contributed by atoms with Gasteiger partial charge in [-0.2, -0.15) is 5.10 Å². The lowest BCUT2D eigenvalue weighted by Gasteiger charge is -2.02. The minimum absolute atomic E-state index is 0.390. The van der Waals surface area contributed by atoms with Gasteiger partial charge in [0, 0.05) is 13.2 Å². The van der Waals surface area contributed by atoms with E-state index in [1.54, 1.807) is 20.2 Å². The van der Waals surface area contributed by atoms with Gasteiger partial charge in [-0.25, -0.2) is 10.2 Å². The van der Waals surface area contributed by atoms with E-state index in [2.05, 4.69) is 10.5 Å². The van der Waals surface area contributed by atoms with Crippen molar-refractivity contribution in [2.45, 2.75) is 6.92 Å². The summed E-state index contributed by atoms with van der Waals surface area (Å²) in [5, 5.41) is 3.97. The fraction of sp³-hybridized carbons (Fsp3) is 0.286. The van der Waals surface area contributed by atoms with Crippen LogP contribution in [-0.2, 0) is 7.05 Å². The molecule has 3 amide bonds. The van der Waals surface area contributed by atoms with Crippen molar-refractivity contribution in [3.8, 4) is 0 Å². The average molecular weight is 197 g/mol. The Morgan fingerprint density at radius 3 is 2.57 bits per heavy atom. The predicted octanol–water partition coefficient (Wildman–Crippen LogP) is -0.958. The SMILES string of the molecule is Cc1nn(C)cc1C(=O)NNC(N)=O. The first kappa shape index (κ1) is 10.0. The molecule has 0 aliphatic heterocycles. The maximum Gasteiger partial charge on any atom is 0.330 e. The van der Waals surface area contributed by atoms with Crippen LogP contribution in [0.25, 0.3) is 0 Å². The van der Waals surface area contributed by atoms with Crippen molar-refractivity contribution >= 4 is 11.9 Å². The van der Waals surface area contributed by atoms with Gasteiger partial charge in [-0.3, -0.25) is 14.9 Å². The number of aromatic nitrogens is 2. The molecular formula is C7H11N5O2. The maximum absolute atomic E-state index is 11.3. The monoisotopic (exact) mass is 197 g/mol. The third-order valence-electron chi connectivity index (χ3n) is 1.56. The number of aryl methyl sites for hydroxylation is 2. The summed E-state index contributed by atoms with van der Waals surface area (Å²) in [4.78, 5) is 21.6. The van der Waals surface area contributed by atoms with E-state index in [-0.39, 0.29) is 0 Å². The molecule has 0 radical (unpaired) electrons. The number of hydrogen-bond donors (Lipinski definition) is 3. The number of carbonyl (C=O) groups is 2. The van der Waals surface area contributed by atoms with Crippen LogP contribution < -0.4 is 16.6 Å². The van der Waals surface area contributed by atoms with Crippen LogP contribution in [-0.4, -0.2) is 21.7 Å². The Hall–Kier alpha value is -2.05. The minimum atomic E-state index is -0.820. The molecule has 0 aromatic carbocycles. The third kappa shape index (κ3) is 2.22. The largest absolute Gasteiger partial charge is 0.350 e. The molecule has 0 atom stereocenters. The fourth-order valence-corrected chi connectivity index (χ4v) is 1.01. The van der Waals surface area contributed by atoms with Gasteiger partial charge in [-0.05, 0) is 6.92 Å². The molecule has 0 spiro atoms. The molecule has 0 aliphatic carbocycles. The van der Waals surface area contributed by atoms with Crippen molar-refractivity contribution in [1.29, 1.82) is 0 Å². The van der Waals surface area contributed by atoms with Gasteiger partial charge in [0.05, 0.1) is 11.3 Å². The molecule has 7 heteroatoms. The number of rotatable bonds is 1. The Kier molecular flexibility index (Phi) is 2.70. The first-order valence-electron chi connectivity index (χ1n) is 3.86. The summed E-state index contributed by atoms with van der Waals surface area (Å²) in [6, 6.07) is -0.820. The van der Waals surface area contributed by atoms with Crippen LogP contribution in [0.15, 0.2) is 6.20 Å². The lowest BCUT2D eigenvalue weighted by Crippen LogP contribution is -2.44. The van der Waals surface area contributed by atoms with E-state index < -0.39 is 11.9 Å². The van der Waals surface area contributed by atoms with Crippen LogP contribution in [0.3, 0.4) is 0 Å². The lowest BCUT2D eigenvalue weighted by atomic mass is 10.2. The van der Waals surface area contributed by atoms with Crippen molar-refractivity contribution < 1.29 is 9.59 Å². The van der Waals surface area contributed by atoms with Crippen molar-refractivity contribution in [2.24, 2.45) is 12.8 Å². The first-order chi connectivity index (χ1) is 6.50. The van der Waals surface area contributed by atoms with E-state index in [0.717, 1.165) is 0 Å². The highest BCUT2D eigenvalue weighted by Gasteiger charge is 2.11. The number of urea groups is 1.